The lowest BCUT2D eigenvalue weighted by Crippen LogP contribution is -2.62. The lowest BCUT2D eigenvalue weighted by Gasteiger charge is -2.42. The maximum Gasteiger partial charge on any atom is 0.410 e. The van der Waals surface area contributed by atoms with E-state index in [1.807, 2.05) is 51.1 Å². The number of aryl methyl sites for hydroxylation is 1. The molecule has 2 aliphatic rings. The number of carbonyl (C=O) groups excluding carboxylic acids is 4. The van der Waals surface area contributed by atoms with Crippen molar-refractivity contribution in [2.45, 2.75) is 110 Å². The molecular formula is C35H49N5O5. The summed E-state index contributed by atoms with van der Waals surface area (Å²) in [5, 5.41) is 6.16. The first-order valence-electron chi connectivity index (χ1n) is 15.8. The SMILES string of the molecule is C[C@@H](C(=O)N[C@H](C(=O)N1Cc2cc(N)ccc2C[C@H]1C(=O)N[C@@H]1CCCc2ccccc21)C(C)(C)C)N(C)C(=O)OC(C)(C)C. The third-order valence-electron chi connectivity index (χ3n) is 8.67. The van der Waals surface area contributed by atoms with Crippen molar-refractivity contribution in [3.05, 3.63) is 64.7 Å². The van der Waals surface area contributed by atoms with Crippen molar-refractivity contribution in [3.63, 3.8) is 0 Å². The summed E-state index contributed by atoms with van der Waals surface area (Å²) in [4.78, 5) is 57.5. The first kappa shape index (κ1) is 33.8. The second-order valence-electron chi connectivity index (χ2n) is 14.4. The van der Waals surface area contributed by atoms with Crippen LogP contribution in [0.5, 0.6) is 0 Å². The zero-order valence-corrected chi connectivity index (χ0v) is 27.9. The molecule has 0 aromatic heterocycles. The molecule has 10 heteroatoms. The maximum absolute atomic E-state index is 14.5. The van der Waals surface area contributed by atoms with Crippen LogP contribution in [0, 0.1) is 5.41 Å². The monoisotopic (exact) mass is 619 g/mol. The molecule has 0 unspecified atom stereocenters. The van der Waals surface area contributed by atoms with E-state index in [2.05, 4.69) is 22.8 Å². The number of rotatable bonds is 6. The predicted molar refractivity (Wildman–Crippen MR) is 174 cm³/mol. The van der Waals surface area contributed by atoms with Crippen LogP contribution in [0.2, 0.25) is 0 Å². The van der Waals surface area contributed by atoms with E-state index in [1.54, 1.807) is 32.6 Å². The van der Waals surface area contributed by atoms with Crippen molar-refractivity contribution in [2.24, 2.45) is 5.41 Å². The molecule has 10 nitrogen and oxygen atoms in total. The van der Waals surface area contributed by atoms with Gasteiger partial charge in [0.15, 0.2) is 0 Å². The van der Waals surface area contributed by atoms with Crippen molar-refractivity contribution >= 4 is 29.5 Å². The lowest BCUT2D eigenvalue weighted by atomic mass is 9.83. The van der Waals surface area contributed by atoms with Gasteiger partial charge in [-0.3, -0.25) is 19.3 Å². The normalized spacial score (nSPS) is 19.3. The predicted octanol–water partition coefficient (Wildman–Crippen LogP) is 4.50. The number of hydrogen-bond donors (Lipinski definition) is 3. The molecule has 4 atom stereocenters. The van der Waals surface area contributed by atoms with Crippen LogP contribution in [0.25, 0.3) is 0 Å². The van der Waals surface area contributed by atoms with Gasteiger partial charge in [0.2, 0.25) is 17.7 Å². The lowest BCUT2D eigenvalue weighted by molar-refractivity contribution is -0.147. The molecule has 1 heterocycles. The molecule has 0 bridgehead atoms. The van der Waals surface area contributed by atoms with E-state index >= 15 is 0 Å². The molecule has 4 N–H and O–H groups in total. The Hall–Kier alpha value is -4.08. The minimum Gasteiger partial charge on any atom is -0.444 e. The number of anilines is 1. The highest BCUT2D eigenvalue weighted by molar-refractivity contribution is 5.94. The number of ether oxygens (including phenoxy) is 1. The van der Waals surface area contributed by atoms with E-state index in [-0.39, 0.29) is 24.4 Å². The van der Waals surface area contributed by atoms with Gasteiger partial charge in [-0.25, -0.2) is 4.79 Å². The quantitative estimate of drug-likeness (QED) is 0.408. The summed E-state index contributed by atoms with van der Waals surface area (Å²) in [6.45, 7) is 12.6. The van der Waals surface area contributed by atoms with Crippen molar-refractivity contribution in [1.29, 1.82) is 0 Å². The first-order valence-corrected chi connectivity index (χ1v) is 15.8. The number of fused-ring (bicyclic) bond motifs is 2. The minimum atomic E-state index is -0.979. The molecule has 0 spiro atoms. The highest BCUT2D eigenvalue weighted by Crippen LogP contribution is 2.32. The van der Waals surface area contributed by atoms with Gasteiger partial charge >= 0.3 is 6.09 Å². The van der Waals surface area contributed by atoms with E-state index in [0.29, 0.717) is 12.1 Å². The molecule has 1 aliphatic carbocycles. The molecule has 4 rings (SSSR count). The Morgan fingerprint density at radius 3 is 2.36 bits per heavy atom. The molecule has 2 aromatic carbocycles. The average Bonchev–Trinajstić information content (AvgIpc) is 2.96. The van der Waals surface area contributed by atoms with E-state index in [9.17, 15) is 19.2 Å². The van der Waals surface area contributed by atoms with Crippen LogP contribution in [0.3, 0.4) is 0 Å². The van der Waals surface area contributed by atoms with Gasteiger partial charge in [-0.1, -0.05) is 51.1 Å². The summed E-state index contributed by atoms with van der Waals surface area (Å²) in [5.74, 6) is -1.11. The van der Waals surface area contributed by atoms with Gasteiger partial charge in [0, 0.05) is 25.7 Å². The molecule has 45 heavy (non-hydrogen) atoms. The van der Waals surface area contributed by atoms with Gasteiger partial charge in [0.1, 0.15) is 23.7 Å². The van der Waals surface area contributed by atoms with E-state index in [1.165, 1.54) is 17.5 Å². The van der Waals surface area contributed by atoms with E-state index in [4.69, 9.17) is 10.5 Å². The number of benzene rings is 2. The third kappa shape index (κ3) is 7.96. The standard InChI is InChI=1S/C35H49N5O5/c1-21(39(8)33(44)45-35(5,6)7)30(41)38-29(34(2,3)4)32(43)40-20-24-18-25(36)17-16-23(24)19-28(40)31(42)37-27-15-11-13-22-12-9-10-14-26(22)27/h9-10,12,14,16-18,21,27-29H,11,13,15,19-20,36H2,1-8H3,(H,37,42)(H,38,41)/t21-,27+,28-,29+/m0/s1. The smallest absolute Gasteiger partial charge is 0.410 e. The number of hydrogen-bond acceptors (Lipinski definition) is 6. The summed E-state index contributed by atoms with van der Waals surface area (Å²) in [7, 11) is 1.49. The zero-order chi connectivity index (χ0) is 33.3. The Morgan fingerprint density at radius 1 is 1.00 bits per heavy atom. The summed E-state index contributed by atoms with van der Waals surface area (Å²) in [5.41, 5.74) is 9.41. The summed E-state index contributed by atoms with van der Waals surface area (Å²) in [6, 6.07) is 10.9. The summed E-state index contributed by atoms with van der Waals surface area (Å²) in [6.07, 6.45) is 2.44. The van der Waals surface area contributed by atoms with Crippen LogP contribution < -0.4 is 16.4 Å². The molecule has 0 saturated carbocycles. The average molecular weight is 620 g/mol. The highest BCUT2D eigenvalue weighted by atomic mass is 16.6. The van der Waals surface area contributed by atoms with Gasteiger partial charge in [0.05, 0.1) is 6.04 Å². The number of nitrogens with two attached hydrogens (primary N) is 1. The van der Waals surface area contributed by atoms with Gasteiger partial charge in [-0.2, -0.15) is 0 Å². The first-order chi connectivity index (χ1) is 21.0. The van der Waals surface area contributed by atoms with Crippen LogP contribution in [0.4, 0.5) is 10.5 Å². The maximum atomic E-state index is 14.5. The van der Waals surface area contributed by atoms with Crippen molar-refractivity contribution in [3.8, 4) is 0 Å². The fourth-order valence-electron chi connectivity index (χ4n) is 5.99. The fourth-order valence-corrected chi connectivity index (χ4v) is 5.99. The van der Waals surface area contributed by atoms with Gasteiger partial charge < -0.3 is 26.0 Å². The molecule has 0 radical (unpaired) electrons. The molecule has 0 fully saturated rings. The van der Waals surface area contributed by atoms with Crippen LogP contribution in [0.1, 0.15) is 89.6 Å². The Kier molecular flexibility index (Phi) is 9.85. The zero-order valence-electron chi connectivity index (χ0n) is 27.9. The highest BCUT2D eigenvalue weighted by Gasteiger charge is 2.43. The number of nitrogens with one attached hydrogen (secondary N) is 2. The largest absolute Gasteiger partial charge is 0.444 e. The Bertz CT molecular complexity index is 1440. The fraction of sp³-hybridized carbons (Fsp3) is 0.543. The van der Waals surface area contributed by atoms with Crippen LogP contribution >= 0.6 is 0 Å². The number of nitrogens with zero attached hydrogens (tertiary/aromatic N) is 2. The molecule has 4 amide bonds. The second-order valence-corrected chi connectivity index (χ2v) is 14.4. The van der Waals surface area contributed by atoms with E-state index in [0.717, 1.165) is 36.0 Å². The van der Waals surface area contributed by atoms with Gasteiger partial charge in [0.25, 0.3) is 0 Å². The number of likely N-dealkylation sites (N-methyl/N-ethyl adjacent to an activating group) is 1. The van der Waals surface area contributed by atoms with Crippen molar-refractivity contribution in [1.82, 2.24) is 20.4 Å². The summed E-state index contributed by atoms with van der Waals surface area (Å²) >= 11 is 0. The molecular weight excluding hydrogens is 570 g/mol. The molecule has 1 aliphatic heterocycles. The van der Waals surface area contributed by atoms with Crippen LogP contribution in [-0.4, -0.2) is 64.4 Å². The van der Waals surface area contributed by atoms with Gasteiger partial charge in [-0.05, 0) is 86.8 Å². The Morgan fingerprint density at radius 2 is 1.69 bits per heavy atom. The second kappa shape index (κ2) is 13.1. The Labute approximate surface area is 267 Å². The van der Waals surface area contributed by atoms with Crippen LogP contribution in [0.15, 0.2) is 42.5 Å². The number of nitrogen functional groups attached to an aromatic ring is 1. The van der Waals surface area contributed by atoms with Crippen LogP contribution in [-0.2, 0) is 38.5 Å². The number of carbonyl (C=O) groups is 4. The van der Waals surface area contributed by atoms with Gasteiger partial charge in [-0.15, -0.1) is 0 Å². The molecule has 0 saturated heterocycles. The minimum absolute atomic E-state index is 0.144. The Balaban J connectivity index is 1.61. The molecule has 244 valence electrons. The summed E-state index contributed by atoms with van der Waals surface area (Å²) < 4.78 is 5.43. The third-order valence-corrected chi connectivity index (χ3v) is 8.67. The molecule has 2 aromatic rings. The van der Waals surface area contributed by atoms with E-state index < -0.39 is 41.1 Å². The van der Waals surface area contributed by atoms with Crippen molar-refractivity contribution in [2.75, 3.05) is 12.8 Å². The van der Waals surface area contributed by atoms with Crippen molar-refractivity contribution < 1.29 is 23.9 Å². The number of amides is 4. The topological polar surface area (TPSA) is 134 Å².